The number of benzene rings is 1. The van der Waals surface area contributed by atoms with Crippen LogP contribution in [-0.4, -0.2) is 23.5 Å². The van der Waals surface area contributed by atoms with Crippen molar-refractivity contribution in [2.45, 2.75) is 13.0 Å². The van der Waals surface area contributed by atoms with E-state index in [1.807, 2.05) is 30.1 Å². The quantitative estimate of drug-likeness (QED) is 0.838. The van der Waals surface area contributed by atoms with Gasteiger partial charge in [-0.25, -0.2) is 4.39 Å². The predicted octanol–water partition coefficient (Wildman–Crippen LogP) is 2.77. The second-order valence-electron chi connectivity index (χ2n) is 4.73. The molecule has 0 saturated carbocycles. The summed E-state index contributed by atoms with van der Waals surface area (Å²) in [5.41, 5.74) is 1.87. The molecule has 0 aliphatic heterocycles. The van der Waals surface area contributed by atoms with Crippen LogP contribution in [0, 0.1) is 17.1 Å². The highest BCUT2D eigenvalue weighted by atomic mass is 19.1. The molecule has 0 N–H and O–H groups in total. The summed E-state index contributed by atoms with van der Waals surface area (Å²) < 4.78 is 13.9. The van der Waals surface area contributed by atoms with Crippen LogP contribution >= 0.6 is 0 Å². The zero-order valence-corrected chi connectivity index (χ0v) is 11.4. The van der Waals surface area contributed by atoms with Crippen LogP contribution in [0.15, 0.2) is 42.7 Å². The lowest BCUT2D eigenvalue weighted by Gasteiger charge is -2.17. The topological polar surface area (TPSA) is 39.9 Å². The van der Waals surface area contributed by atoms with E-state index in [-0.39, 0.29) is 5.56 Å². The molecule has 0 fully saturated rings. The van der Waals surface area contributed by atoms with Gasteiger partial charge in [-0.1, -0.05) is 12.1 Å². The Hall–Kier alpha value is -2.25. The molecule has 0 amide bonds. The first-order chi connectivity index (χ1) is 9.70. The van der Waals surface area contributed by atoms with Gasteiger partial charge in [-0.3, -0.25) is 4.98 Å². The Bertz CT molecular complexity index is 605. The van der Waals surface area contributed by atoms with Crippen LogP contribution < -0.4 is 0 Å². The zero-order chi connectivity index (χ0) is 14.4. The minimum atomic E-state index is -0.411. The Kier molecular flexibility index (Phi) is 4.80. The van der Waals surface area contributed by atoms with E-state index in [4.69, 9.17) is 5.26 Å². The molecule has 20 heavy (non-hydrogen) atoms. The average Bonchev–Trinajstić information content (AvgIpc) is 2.48. The van der Waals surface area contributed by atoms with Crippen molar-refractivity contribution in [3.05, 3.63) is 65.2 Å². The van der Waals surface area contributed by atoms with Crippen LogP contribution in [0.5, 0.6) is 0 Å². The lowest BCUT2D eigenvalue weighted by molar-refractivity contribution is 0.325. The first-order valence-corrected chi connectivity index (χ1v) is 6.45. The number of aromatic nitrogens is 1. The molecular formula is C16H16FN3. The number of rotatable bonds is 5. The second-order valence-corrected chi connectivity index (χ2v) is 4.73. The van der Waals surface area contributed by atoms with Crippen LogP contribution in [0.25, 0.3) is 0 Å². The first kappa shape index (κ1) is 14.2. The third-order valence-electron chi connectivity index (χ3n) is 3.17. The zero-order valence-electron chi connectivity index (χ0n) is 11.4. The summed E-state index contributed by atoms with van der Waals surface area (Å²) in [7, 11) is 1.94. The maximum Gasteiger partial charge on any atom is 0.145 e. The molecule has 0 saturated heterocycles. The van der Waals surface area contributed by atoms with E-state index in [9.17, 15) is 4.39 Å². The number of nitrogens with zero attached hydrogens (tertiary/aromatic N) is 3. The van der Waals surface area contributed by atoms with Crippen molar-refractivity contribution < 1.29 is 4.39 Å². The third-order valence-corrected chi connectivity index (χ3v) is 3.17. The Labute approximate surface area is 118 Å². The highest BCUT2D eigenvalue weighted by Gasteiger charge is 2.09. The number of halogens is 1. The highest BCUT2D eigenvalue weighted by Crippen LogP contribution is 2.14. The van der Waals surface area contributed by atoms with Crippen LogP contribution in [0.2, 0.25) is 0 Å². The van der Waals surface area contributed by atoms with Crippen LogP contribution in [0.4, 0.5) is 4.39 Å². The summed E-state index contributed by atoms with van der Waals surface area (Å²) in [6.45, 7) is 1.31. The Balaban J connectivity index is 1.95. The van der Waals surface area contributed by atoms with Crippen LogP contribution in [0.3, 0.4) is 0 Å². The van der Waals surface area contributed by atoms with Gasteiger partial charge >= 0.3 is 0 Å². The van der Waals surface area contributed by atoms with Crippen molar-refractivity contribution in [3.8, 4) is 6.07 Å². The van der Waals surface area contributed by atoms with E-state index in [1.165, 1.54) is 11.6 Å². The van der Waals surface area contributed by atoms with Crippen molar-refractivity contribution >= 4 is 0 Å². The predicted molar refractivity (Wildman–Crippen MR) is 75.4 cm³/mol. The van der Waals surface area contributed by atoms with Gasteiger partial charge in [0.1, 0.15) is 11.9 Å². The molecule has 0 radical (unpaired) electrons. The van der Waals surface area contributed by atoms with E-state index in [2.05, 4.69) is 4.98 Å². The van der Waals surface area contributed by atoms with Gasteiger partial charge in [-0.15, -0.1) is 0 Å². The Morgan fingerprint density at radius 2 is 2.00 bits per heavy atom. The third kappa shape index (κ3) is 3.62. The van der Waals surface area contributed by atoms with Gasteiger partial charge in [0.2, 0.25) is 0 Å². The summed E-state index contributed by atoms with van der Waals surface area (Å²) >= 11 is 0. The summed E-state index contributed by atoms with van der Waals surface area (Å²) in [5, 5.41) is 8.82. The number of hydrogen-bond donors (Lipinski definition) is 0. The summed E-state index contributed by atoms with van der Waals surface area (Å²) in [6, 6.07) is 10.8. The molecule has 4 heteroatoms. The number of nitriles is 1. The molecule has 2 aromatic rings. The molecule has 1 heterocycles. The fourth-order valence-corrected chi connectivity index (χ4v) is 2.03. The SMILES string of the molecule is CN(CCc1ccncc1)Cc1cccc(C#N)c1F. The molecule has 2 rings (SSSR count). The van der Waals surface area contributed by atoms with Crippen molar-refractivity contribution in [2.24, 2.45) is 0 Å². The van der Waals surface area contributed by atoms with E-state index >= 15 is 0 Å². The second kappa shape index (κ2) is 6.78. The van der Waals surface area contributed by atoms with Crippen LogP contribution in [-0.2, 0) is 13.0 Å². The molecule has 0 aliphatic carbocycles. The number of likely N-dealkylation sites (N-methyl/N-ethyl adjacent to an activating group) is 1. The van der Waals surface area contributed by atoms with Gasteiger partial charge in [0.15, 0.2) is 0 Å². The molecule has 0 aliphatic rings. The van der Waals surface area contributed by atoms with Gasteiger partial charge in [0.05, 0.1) is 5.56 Å². The van der Waals surface area contributed by atoms with E-state index in [1.54, 1.807) is 24.5 Å². The summed E-state index contributed by atoms with van der Waals surface area (Å²) in [4.78, 5) is 6.02. The fourth-order valence-electron chi connectivity index (χ4n) is 2.03. The highest BCUT2D eigenvalue weighted by molar-refractivity contribution is 5.34. The maximum atomic E-state index is 13.9. The average molecular weight is 269 g/mol. The summed E-state index contributed by atoms with van der Waals surface area (Å²) in [5.74, 6) is -0.411. The molecule has 102 valence electrons. The normalized spacial score (nSPS) is 10.5. The molecule has 3 nitrogen and oxygen atoms in total. The number of pyridine rings is 1. The van der Waals surface area contributed by atoms with Gasteiger partial charge in [-0.05, 0) is 37.2 Å². The fraction of sp³-hybridized carbons (Fsp3) is 0.250. The minimum Gasteiger partial charge on any atom is -0.302 e. The van der Waals surface area contributed by atoms with E-state index < -0.39 is 5.82 Å². The number of hydrogen-bond acceptors (Lipinski definition) is 3. The molecule has 1 aromatic carbocycles. The molecule has 0 spiro atoms. The molecule has 1 aromatic heterocycles. The van der Waals surface area contributed by atoms with Crippen molar-refractivity contribution in [3.63, 3.8) is 0 Å². The smallest absolute Gasteiger partial charge is 0.145 e. The van der Waals surface area contributed by atoms with Gasteiger partial charge in [-0.2, -0.15) is 5.26 Å². The molecule has 0 bridgehead atoms. The van der Waals surface area contributed by atoms with Gasteiger partial charge in [0, 0.05) is 31.0 Å². The Morgan fingerprint density at radius 1 is 1.25 bits per heavy atom. The van der Waals surface area contributed by atoms with Gasteiger partial charge < -0.3 is 4.90 Å². The molecule has 0 atom stereocenters. The largest absolute Gasteiger partial charge is 0.302 e. The van der Waals surface area contributed by atoms with Crippen molar-refractivity contribution in [1.29, 1.82) is 5.26 Å². The molecule has 0 unspecified atom stereocenters. The lowest BCUT2D eigenvalue weighted by atomic mass is 10.1. The van der Waals surface area contributed by atoms with Gasteiger partial charge in [0.25, 0.3) is 0 Å². The van der Waals surface area contributed by atoms with E-state index in [0.29, 0.717) is 12.1 Å². The Morgan fingerprint density at radius 3 is 2.70 bits per heavy atom. The lowest BCUT2D eigenvalue weighted by Crippen LogP contribution is -2.21. The van der Waals surface area contributed by atoms with E-state index in [0.717, 1.165) is 13.0 Å². The summed E-state index contributed by atoms with van der Waals surface area (Å²) in [6.07, 6.45) is 4.43. The maximum absolute atomic E-state index is 13.9. The van der Waals surface area contributed by atoms with Crippen LogP contribution in [0.1, 0.15) is 16.7 Å². The van der Waals surface area contributed by atoms with Crippen molar-refractivity contribution in [1.82, 2.24) is 9.88 Å². The molecular weight excluding hydrogens is 253 g/mol. The monoisotopic (exact) mass is 269 g/mol. The minimum absolute atomic E-state index is 0.102. The first-order valence-electron chi connectivity index (χ1n) is 6.45. The van der Waals surface area contributed by atoms with Crippen molar-refractivity contribution in [2.75, 3.05) is 13.6 Å². The standard InChI is InChI=1S/C16H16FN3/c1-20(10-7-13-5-8-19-9-6-13)12-15-4-2-3-14(11-18)16(15)17/h2-6,8-9H,7,10,12H2,1H3.